The van der Waals surface area contributed by atoms with Crippen LogP contribution < -0.4 is 10.6 Å². The van der Waals surface area contributed by atoms with Gasteiger partial charge in [0.2, 0.25) is 5.91 Å². The number of carbonyl (C=O) groups excluding carboxylic acids is 1. The molecule has 21 heavy (non-hydrogen) atoms. The molecule has 1 heterocycles. The monoisotopic (exact) mass is 290 g/mol. The molecule has 2 N–H and O–H groups in total. The van der Waals surface area contributed by atoms with Crippen LogP contribution in [0.25, 0.3) is 0 Å². The molecular formula is C18H30N2O. The van der Waals surface area contributed by atoms with Crippen molar-refractivity contribution in [3.05, 3.63) is 0 Å². The molecule has 0 aromatic rings. The molecule has 1 amide bonds. The number of hydrogen-bond donors (Lipinski definition) is 2. The number of amides is 1. The zero-order chi connectivity index (χ0) is 14.4. The van der Waals surface area contributed by atoms with E-state index >= 15 is 0 Å². The molecule has 4 aliphatic carbocycles. The number of carbonyl (C=O) groups is 1. The van der Waals surface area contributed by atoms with E-state index in [2.05, 4.69) is 17.6 Å². The normalized spacial score (nSPS) is 43.8. The molecule has 3 heteroatoms. The van der Waals surface area contributed by atoms with E-state index in [1.807, 2.05) is 0 Å². The maximum Gasteiger partial charge on any atom is 0.223 e. The summed E-state index contributed by atoms with van der Waals surface area (Å²) in [5, 5.41) is 6.79. The first-order valence-corrected chi connectivity index (χ1v) is 9.16. The first kappa shape index (κ1) is 14.0. The fraction of sp³-hybridized carbons (Fsp3) is 0.944. The summed E-state index contributed by atoms with van der Waals surface area (Å²) in [6, 6.07) is 0.383. The molecule has 1 saturated heterocycles. The van der Waals surface area contributed by atoms with Crippen LogP contribution in [-0.4, -0.2) is 25.0 Å². The lowest BCUT2D eigenvalue weighted by Gasteiger charge is -2.59. The van der Waals surface area contributed by atoms with Gasteiger partial charge in [-0.2, -0.15) is 0 Å². The summed E-state index contributed by atoms with van der Waals surface area (Å²) in [7, 11) is 0. The summed E-state index contributed by atoms with van der Waals surface area (Å²) in [6.45, 7) is 4.31. The molecule has 5 rings (SSSR count). The largest absolute Gasteiger partial charge is 0.353 e. The van der Waals surface area contributed by atoms with Crippen LogP contribution in [0.3, 0.4) is 0 Å². The number of piperidine rings is 1. The molecular weight excluding hydrogens is 260 g/mol. The van der Waals surface area contributed by atoms with E-state index in [-0.39, 0.29) is 5.92 Å². The SMILES string of the molecule is C[C@@H](NC(=O)C1CCNCC1)C12CC3CC(CC(C3)C1)C2. The molecule has 0 aromatic carbocycles. The second-order valence-corrected chi connectivity index (χ2v) is 8.53. The third kappa shape index (κ3) is 2.52. The van der Waals surface area contributed by atoms with Crippen LogP contribution in [0.1, 0.15) is 58.3 Å². The van der Waals surface area contributed by atoms with Crippen LogP contribution >= 0.6 is 0 Å². The van der Waals surface area contributed by atoms with Gasteiger partial charge in [0.1, 0.15) is 0 Å². The predicted molar refractivity (Wildman–Crippen MR) is 83.8 cm³/mol. The minimum absolute atomic E-state index is 0.252. The summed E-state index contributed by atoms with van der Waals surface area (Å²) < 4.78 is 0. The van der Waals surface area contributed by atoms with E-state index in [9.17, 15) is 4.79 Å². The Labute approximate surface area is 128 Å². The molecule has 3 nitrogen and oxygen atoms in total. The molecule has 5 fully saturated rings. The minimum Gasteiger partial charge on any atom is -0.353 e. The maximum absolute atomic E-state index is 12.6. The van der Waals surface area contributed by atoms with E-state index in [0.717, 1.165) is 43.7 Å². The van der Waals surface area contributed by atoms with Gasteiger partial charge in [-0.3, -0.25) is 4.79 Å². The van der Waals surface area contributed by atoms with Gasteiger partial charge >= 0.3 is 0 Å². The third-order valence-corrected chi connectivity index (χ3v) is 7.07. The van der Waals surface area contributed by atoms with Gasteiger partial charge < -0.3 is 10.6 Å². The molecule has 1 atom stereocenters. The van der Waals surface area contributed by atoms with Crippen molar-refractivity contribution in [1.82, 2.24) is 10.6 Å². The smallest absolute Gasteiger partial charge is 0.223 e. The number of nitrogens with one attached hydrogen (secondary N) is 2. The highest BCUT2D eigenvalue weighted by Gasteiger charge is 2.53. The van der Waals surface area contributed by atoms with Gasteiger partial charge in [0.05, 0.1) is 0 Å². The van der Waals surface area contributed by atoms with Crippen molar-refractivity contribution in [2.24, 2.45) is 29.1 Å². The van der Waals surface area contributed by atoms with Crippen LogP contribution in [0, 0.1) is 29.1 Å². The van der Waals surface area contributed by atoms with Crippen LogP contribution in [0.5, 0.6) is 0 Å². The number of rotatable bonds is 3. The Kier molecular flexibility index (Phi) is 3.52. The zero-order valence-electron chi connectivity index (χ0n) is 13.4. The highest BCUT2D eigenvalue weighted by molar-refractivity contribution is 5.79. The average Bonchev–Trinajstić information content (AvgIpc) is 2.46. The summed E-state index contributed by atoms with van der Waals surface area (Å²) >= 11 is 0. The Hall–Kier alpha value is -0.570. The van der Waals surface area contributed by atoms with Gasteiger partial charge in [0, 0.05) is 12.0 Å². The second kappa shape index (κ2) is 5.26. The molecule has 4 saturated carbocycles. The van der Waals surface area contributed by atoms with Gasteiger partial charge in [0.15, 0.2) is 0 Å². The average molecular weight is 290 g/mol. The van der Waals surface area contributed by atoms with Gasteiger partial charge in [-0.15, -0.1) is 0 Å². The van der Waals surface area contributed by atoms with Crippen molar-refractivity contribution in [1.29, 1.82) is 0 Å². The molecule has 1 aliphatic heterocycles. The lowest BCUT2D eigenvalue weighted by molar-refractivity contribution is -0.130. The molecule has 0 aromatic heterocycles. The van der Waals surface area contributed by atoms with Gasteiger partial charge in [-0.25, -0.2) is 0 Å². The lowest BCUT2D eigenvalue weighted by atomic mass is 9.48. The minimum atomic E-state index is 0.252. The zero-order valence-corrected chi connectivity index (χ0v) is 13.4. The summed E-state index contributed by atoms with van der Waals surface area (Å²) in [4.78, 5) is 12.6. The van der Waals surface area contributed by atoms with Gasteiger partial charge in [-0.05, 0) is 94.5 Å². The van der Waals surface area contributed by atoms with E-state index < -0.39 is 0 Å². The van der Waals surface area contributed by atoms with E-state index in [1.54, 1.807) is 0 Å². The van der Waals surface area contributed by atoms with Crippen molar-refractivity contribution in [3.8, 4) is 0 Å². The fourth-order valence-corrected chi connectivity index (χ4v) is 6.28. The van der Waals surface area contributed by atoms with Crippen molar-refractivity contribution >= 4 is 5.91 Å². The highest BCUT2D eigenvalue weighted by atomic mass is 16.1. The van der Waals surface area contributed by atoms with Crippen molar-refractivity contribution in [3.63, 3.8) is 0 Å². The van der Waals surface area contributed by atoms with Crippen LogP contribution in [0.4, 0.5) is 0 Å². The first-order valence-electron chi connectivity index (χ1n) is 9.16. The third-order valence-electron chi connectivity index (χ3n) is 7.07. The second-order valence-electron chi connectivity index (χ2n) is 8.53. The standard InChI is InChI=1S/C18H30N2O/c1-12(20-17(21)16-2-4-19-5-3-16)18-9-13-6-14(10-18)8-15(7-13)11-18/h12-16,19H,2-11H2,1H3,(H,20,21)/t12-,13?,14?,15?,18?/m1/s1. The summed E-state index contributed by atoms with van der Waals surface area (Å²) in [6.07, 6.45) is 10.6. The molecule has 0 unspecified atom stereocenters. The summed E-state index contributed by atoms with van der Waals surface area (Å²) in [5.41, 5.74) is 0.442. The van der Waals surface area contributed by atoms with Crippen molar-refractivity contribution < 1.29 is 4.79 Å². The highest BCUT2D eigenvalue weighted by Crippen LogP contribution is 2.61. The van der Waals surface area contributed by atoms with Crippen molar-refractivity contribution in [2.75, 3.05) is 13.1 Å². The van der Waals surface area contributed by atoms with Gasteiger partial charge in [-0.1, -0.05) is 0 Å². The van der Waals surface area contributed by atoms with E-state index in [4.69, 9.17) is 0 Å². The summed E-state index contributed by atoms with van der Waals surface area (Å²) in [5.74, 6) is 3.49. The molecule has 0 radical (unpaired) electrons. The molecule has 5 aliphatic rings. The van der Waals surface area contributed by atoms with Crippen LogP contribution in [0.2, 0.25) is 0 Å². The predicted octanol–water partition coefficient (Wildman–Crippen LogP) is 2.71. The Morgan fingerprint density at radius 3 is 2.10 bits per heavy atom. The lowest BCUT2D eigenvalue weighted by Crippen LogP contribution is -2.56. The van der Waals surface area contributed by atoms with E-state index in [0.29, 0.717) is 17.4 Å². The first-order chi connectivity index (χ1) is 10.1. The van der Waals surface area contributed by atoms with Crippen molar-refractivity contribution in [2.45, 2.75) is 64.3 Å². The fourth-order valence-electron chi connectivity index (χ4n) is 6.28. The molecule has 4 bridgehead atoms. The Morgan fingerprint density at radius 2 is 1.57 bits per heavy atom. The Morgan fingerprint density at radius 1 is 1.05 bits per heavy atom. The number of hydrogen-bond acceptors (Lipinski definition) is 2. The quantitative estimate of drug-likeness (QED) is 0.839. The van der Waals surface area contributed by atoms with Crippen LogP contribution in [-0.2, 0) is 4.79 Å². The van der Waals surface area contributed by atoms with Gasteiger partial charge in [0.25, 0.3) is 0 Å². The topological polar surface area (TPSA) is 41.1 Å². The Bertz CT molecular complexity index is 378. The molecule has 118 valence electrons. The van der Waals surface area contributed by atoms with Crippen LogP contribution in [0.15, 0.2) is 0 Å². The van der Waals surface area contributed by atoms with E-state index in [1.165, 1.54) is 38.5 Å². The Balaban J connectivity index is 1.42. The molecule has 0 spiro atoms. The maximum atomic E-state index is 12.6.